The number of para-hydroxylation sites is 1. The Morgan fingerprint density at radius 3 is 2.33 bits per heavy atom. The molecule has 0 atom stereocenters. The van der Waals surface area contributed by atoms with Gasteiger partial charge in [0.1, 0.15) is 13.1 Å². The number of anilines is 3. The van der Waals surface area contributed by atoms with Gasteiger partial charge in [0.05, 0.1) is 24.5 Å². The number of nitrogens with one attached hydrogen (secondary N) is 1. The Morgan fingerprint density at radius 2 is 1.62 bits per heavy atom. The number of carbonyl (C=O) groups excluding carboxylic acids is 4. The number of morpholine rings is 1. The molecule has 2 aliphatic heterocycles. The van der Waals surface area contributed by atoms with Crippen LogP contribution in [0.5, 0.6) is 0 Å². The van der Waals surface area contributed by atoms with E-state index in [1.807, 2.05) is 55.5 Å². The first-order valence-electron chi connectivity index (χ1n) is 12.9. The summed E-state index contributed by atoms with van der Waals surface area (Å²) in [7, 11) is 0. The summed E-state index contributed by atoms with van der Waals surface area (Å²) < 4.78 is 5.40. The average molecular weight is 527 g/mol. The molecule has 0 unspecified atom stereocenters. The zero-order chi connectivity index (χ0) is 27.4. The molecule has 0 aliphatic carbocycles. The first-order chi connectivity index (χ1) is 18.9. The lowest BCUT2D eigenvalue weighted by Gasteiger charge is -2.29. The van der Waals surface area contributed by atoms with Crippen LogP contribution >= 0.6 is 0 Å². The van der Waals surface area contributed by atoms with E-state index in [-0.39, 0.29) is 31.1 Å². The van der Waals surface area contributed by atoms with E-state index in [9.17, 15) is 19.2 Å². The maximum atomic E-state index is 13.5. The number of nitrogens with zero attached hydrogens (tertiary/aromatic N) is 3. The van der Waals surface area contributed by atoms with Crippen LogP contribution in [-0.2, 0) is 25.7 Å². The second kappa shape index (κ2) is 11.5. The van der Waals surface area contributed by atoms with Crippen molar-refractivity contribution in [1.82, 2.24) is 4.90 Å². The standard InChI is InChI=1S/C30H30N4O5/c1-21-6-8-22(9-7-21)18-33(28(36)20-34-26-5-3-2-4-25(26)29(37)30(34)38)19-27(35)31-23-10-12-24(13-11-23)32-14-16-39-17-15-32/h2-13H,14-20H2,1H3,(H,31,35). The average Bonchev–Trinajstić information content (AvgIpc) is 3.19. The minimum atomic E-state index is -0.746. The number of hydrogen-bond acceptors (Lipinski definition) is 6. The molecule has 0 radical (unpaired) electrons. The van der Waals surface area contributed by atoms with Crippen LogP contribution in [0.3, 0.4) is 0 Å². The Kier molecular flexibility index (Phi) is 7.69. The van der Waals surface area contributed by atoms with Gasteiger partial charge in [0.25, 0.3) is 11.7 Å². The molecular weight excluding hydrogens is 496 g/mol. The third kappa shape index (κ3) is 5.99. The molecule has 200 valence electrons. The van der Waals surface area contributed by atoms with Crippen LogP contribution in [0.15, 0.2) is 72.8 Å². The lowest BCUT2D eigenvalue weighted by molar-refractivity contribution is -0.134. The second-order valence-corrected chi connectivity index (χ2v) is 9.67. The molecule has 3 aromatic carbocycles. The molecule has 5 rings (SSSR count). The molecule has 0 saturated carbocycles. The van der Waals surface area contributed by atoms with Gasteiger partial charge in [-0.25, -0.2) is 0 Å². The summed E-state index contributed by atoms with van der Waals surface area (Å²) in [5, 5.41) is 2.87. The molecule has 2 aliphatic rings. The molecule has 0 bridgehead atoms. The number of carbonyl (C=O) groups is 4. The number of benzene rings is 3. The van der Waals surface area contributed by atoms with Gasteiger partial charge < -0.3 is 19.9 Å². The molecule has 0 spiro atoms. The number of ketones is 1. The van der Waals surface area contributed by atoms with Crippen molar-refractivity contribution >= 4 is 40.6 Å². The molecule has 9 nitrogen and oxygen atoms in total. The SMILES string of the molecule is Cc1ccc(CN(CC(=O)Nc2ccc(N3CCOCC3)cc2)C(=O)CN2C(=O)C(=O)c3ccccc32)cc1. The Labute approximate surface area is 227 Å². The number of Topliss-reactive ketones (excluding diaryl/α,β-unsaturated/α-hetero) is 1. The summed E-state index contributed by atoms with van der Waals surface area (Å²) in [6, 6.07) is 21.8. The normalized spacial score (nSPS) is 14.8. The molecule has 1 N–H and O–H groups in total. The molecule has 0 aromatic heterocycles. The van der Waals surface area contributed by atoms with E-state index in [0.29, 0.717) is 24.6 Å². The van der Waals surface area contributed by atoms with E-state index >= 15 is 0 Å². The van der Waals surface area contributed by atoms with Gasteiger partial charge in [-0.2, -0.15) is 0 Å². The summed E-state index contributed by atoms with van der Waals surface area (Å²) >= 11 is 0. The first kappa shape index (κ1) is 26.1. The lowest BCUT2D eigenvalue weighted by Crippen LogP contribution is -2.45. The molecule has 1 fully saturated rings. The van der Waals surface area contributed by atoms with E-state index in [0.717, 1.165) is 29.9 Å². The van der Waals surface area contributed by atoms with Crippen LogP contribution in [0.25, 0.3) is 0 Å². The molecule has 39 heavy (non-hydrogen) atoms. The maximum absolute atomic E-state index is 13.5. The Hall–Kier alpha value is -4.50. The number of amides is 3. The van der Waals surface area contributed by atoms with Crippen LogP contribution in [0.2, 0.25) is 0 Å². The van der Waals surface area contributed by atoms with Gasteiger partial charge in [0.15, 0.2) is 0 Å². The van der Waals surface area contributed by atoms with Crippen LogP contribution in [0.4, 0.5) is 17.1 Å². The van der Waals surface area contributed by atoms with Crippen molar-refractivity contribution in [3.63, 3.8) is 0 Å². The van der Waals surface area contributed by atoms with E-state index in [1.54, 1.807) is 24.3 Å². The highest BCUT2D eigenvalue weighted by Crippen LogP contribution is 2.28. The van der Waals surface area contributed by atoms with Gasteiger partial charge in [0.2, 0.25) is 11.8 Å². The van der Waals surface area contributed by atoms with E-state index in [1.165, 1.54) is 9.80 Å². The van der Waals surface area contributed by atoms with Crippen molar-refractivity contribution in [3.05, 3.63) is 89.5 Å². The predicted octanol–water partition coefficient (Wildman–Crippen LogP) is 3.03. The number of hydrogen-bond donors (Lipinski definition) is 1. The van der Waals surface area contributed by atoms with Gasteiger partial charge in [-0.05, 0) is 48.9 Å². The molecule has 1 saturated heterocycles. The summed E-state index contributed by atoms with van der Waals surface area (Å²) in [5.41, 5.74) is 4.28. The van der Waals surface area contributed by atoms with Crippen molar-refractivity contribution in [1.29, 1.82) is 0 Å². The quantitative estimate of drug-likeness (QED) is 0.453. The minimum Gasteiger partial charge on any atom is -0.378 e. The fraction of sp³-hybridized carbons (Fsp3) is 0.267. The molecule has 3 amide bonds. The third-order valence-corrected chi connectivity index (χ3v) is 6.88. The zero-order valence-corrected chi connectivity index (χ0v) is 21.8. The van der Waals surface area contributed by atoms with Gasteiger partial charge in [-0.3, -0.25) is 24.1 Å². The lowest BCUT2D eigenvalue weighted by atomic mass is 10.1. The Balaban J connectivity index is 1.29. The summed E-state index contributed by atoms with van der Waals surface area (Å²) in [6.45, 7) is 4.61. The first-order valence-corrected chi connectivity index (χ1v) is 12.9. The van der Waals surface area contributed by atoms with Crippen molar-refractivity contribution < 1.29 is 23.9 Å². The highest BCUT2D eigenvalue weighted by atomic mass is 16.5. The van der Waals surface area contributed by atoms with Crippen LogP contribution in [0, 0.1) is 6.92 Å². The van der Waals surface area contributed by atoms with Crippen molar-refractivity contribution in [2.75, 3.05) is 54.5 Å². The topological polar surface area (TPSA) is 99.3 Å². The number of ether oxygens (including phenoxy) is 1. The molecule has 9 heteroatoms. The van der Waals surface area contributed by atoms with Crippen molar-refractivity contribution in [2.45, 2.75) is 13.5 Å². The smallest absolute Gasteiger partial charge is 0.299 e. The summed E-state index contributed by atoms with van der Waals surface area (Å²) in [4.78, 5) is 56.4. The van der Waals surface area contributed by atoms with Crippen LogP contribution in [0.1, 0.15) is 21.5 Å². The van der Waals surface area contributed by atoms with E-state index in [2.05, 4.69) is 10.2 Å². The van der Waals surface area contributed by atoms with Crippen LogP contribution < -0.4 is 15.1 Å². The zero-order valence-electron chi connectivity index (χ0n) is 21.8. The number of rotatable bonds is 8. The molecular formula is C30H30N4O5. The third-order valence-electron chi connectivity index (χ3n) is 6.88. The summed E-state index contributed by atoms with van der Waals surface area (Å²) in [6.07, 6.45) is 0. The highest BCUT2D eigenvalue weighted by molar-refractivity contribution is 6.52. The van der Waals surface area contributed by atoms with Gasteiger partial charge in [-0.15, -0.1) is 0 Å². The van der Waals surface area contributed by atoms with Gasteiger partial charge in [-0.1, -0.05) is 42.0 Å². The molecule has 3 aromatic rings. The number of aryl methyl sites for hydroxylation is 1. The summed E-state index contributed by atoms with van der Waals surface area (Å²) in [5.74, 6) is -2.18. The van der Waals surface area contributed by atoms with Crippen LogP contribution in [-0.4, -0.2) is 67.8 Å². The van der Waals surface area contributed by atoms with Gasteiger partial charge >= 0.3 is 0 Å². The molecule has 2 heterocycles. The van der Waals surface area contributed by atoms with Crippen molar-refractivity contribution in [3.8, 4) is 0 Å². The fourth-order valence-electron chi connectivity index (χ4n) is 4.74. The van der Waals surface area contributed by atoms with Crippen molar-refractivity contribution in [2.24, 2.45) is 0 Å². The largest absolute Gasteiger partial charge is 0.378 e. The monoisotopic (exact) mass is 526 g/mol. The van der Waals surface area contributed by atoms with Gasteiger partial charge in [0, 0.05) is 31.0 Å². The predicted molar refractivity (Wildman–Crippen MR) is 148 cm³/mol. The highest BCUT2D eigenvalue weighted by Gasteiger charge is 2.37. The Morgan fingerprint density at radius 1 is 0.923 bits per heavy atom. The fourth-order valence-corrected chi connectivity index (χ4v) is 4.74. The Bertz CT molecular complexity index is 1380. The number of fused-ring (bicyclic) bond motifs is 1. The van der Waals surface area contributed by atoms with E-state index < -0.39 is 17.6 Å². The van der Waals surface area contributed by atoms with E-state index in [4.69, 9.17) is 4.74 Å². The maximum Gasteiger partial charge on any atom is 0.299 e. The second-order valence-electron chi connectivity index (χ2n) is 9.67. The minimum absolute atomic E-state index is 0.181.